The maximum absolute atomic E-state index is 12.9. The van der Waals surface area contributed by atoms with Crippen molar-refractivity contribution >= 4 is 17.2 Å². The molecule has 1 amide bonds. The van der Waals surface area contributed by atoms with E-state index in [0.717, 1.165) is 11.3 Å². The standard InChI is InChI=1S/C22H18N4O3/c1-14-2-4-15(5-3-14)18-8-9-23-21-17(13-24-26(18)21)22(27)25-16-6-7-19-20(12-16)29-11-10-28-19/h2-9,12-13H,10-11H2,1H3,(H,25,27). The molecule has 29 heavy (non-hydrogen) atoms. The molecule has 0 bridgehead atoms. The molecule has 7 heteroatoms. The molecule has 4 aromatic rings. The summed E-state index contributed by atoms with van der Waals surface area (Å²) in [7, 11) is 0. The van der Waals surface area contributed by atoms with Crippen LogP contribution >= 0.6 is 0 Å². The normalized spacial score (nSPS) is 12.7. The van der Waals surface area contributed by atoms with Crippen molar-refractivity contribution in [2.75, 3.05) is 18.5 Å². The number of aromatic nitrogens is 3. The SMILES string of the molecule is Cc1ccc(-c2ccnc3c(C(=O)Nc4ccc5c(c4)OCCO5)cnn23)cc1. The van der Waals surface area contributed by atoms with Gasteiger partial charge in [-0.2, -0.15) is 5.10 Å². The van der Waals surface area contributed by atoms with Crippen molar-refractivity contribution in [2.45, 2.75) is 6.92 Å². The van der Waals surface area contributed by atoms with Gasteiger partial charge in [0, 0.05) is 23.5 Å². The Bertz CT molecular complexity index is 1210. The summed E-state index contributed by atoms with van der Waals surface area (Å²) in [6.07, 6.45) is 3.22. The molecule has 0 saturated heterocycles. The fourth-order valence-electron chi connectivity index (χ4n) is 3.31. The number of nitrogens with zero attached hydrogens (tertiary/aromatic N) is 3. The lowest BCUT2D eigenvalue weighted by Gasteiger charge is -2.18. The first-order chi connectivity index (χ1) is 14.2. The number of benzene rings is 2. The molecule has 2 aromatic heterocycles. The number of rotatable bonds is 3. The van der Waals surface area contributed by atoms with Crippen molar-refractivity contribution in [2.24, 2.45) is 0 Å². The summed E-state index contributed by atoms with van der Waals surface area (Å²) in [5.74, 6) is 1.01. The number of carbonyl (C=O) groups excluding carboxylic acids is 1. The molecule has 144 valence electrons. The highest BCUT2D eigenvalue weighted by atomic mass is 16.6. The maximum Gasteiger partial charge on any atom is 0.261 e. The molecule has 0 atom stereocenters. The van der Waals surface area contributed by atoms with Crippen molar-refractivity contribution in [3.63, 3.8) is 0 Å². The highest BCUT2D eigenvalue weighted by molar-refractivity contribution is 6.08. The van der Waals surface area contributed by atoms with Crippen LogP contribution in [-0.2, 0) is 0 Å². The topological polar surface area (TPSA) is 77.8 Å². The van der Waals surface area contributed by atoms with Crippen molar-refractivity contribution in [1.29, 1.82) is 0 Å². The van der Waals surface area contributed by atoms with Crippen LogP contribution in [-0.4, -0.2) is 33.7 Å². The smallest absolute Gasteiger partial charge is 0.261 e. The molecule has 5 rings (SSSR count). The molecule has 0 fully saturated rings. The number of amides is 1. The van der Waals surface area contributed by atoms with Crippen LogP contribution in [0.15, 0.2) is 60.9 Å². The number of hydrogen-bond acceptors (Lipinski definition) is 5. The van der Waals surface area contributed by atoms with Crippen LogP contribution in [0.5, 0.6) is 11.5 Å². The van der Waals surface area contributed by atoms with Gasteiger partial charge in [0.05, 0.1) is 11.9 Å². The van der Waals surface area contributed by atoms with Crippen LogP contribution in [0.4, 0.5) is 5.69 Å². The predicted molar refractivity (Wildman–Crippen MR) is 109 cm³/mol. The Balaban J connectivity index is 1.47. The Labute approximate surface area is 166 Å². The highest BCUT2D eigenvalue weighted by Crippen LogP contribution is 2.32. The second kappa shape index (κ2) is 6.94. The van der Waals surface area contributed by atoms with Crippen LogP contribution in [0.1, 0.15) is 15.9 Å². The molecular weight excluding hydrogens is 368 g/mol. The maximum atomic E-state index is 12.9. The molecule has 0 spiro atoms. The van der Waals surface area contributed by atoms with Crippen LogP contribution in [0.3, 0.4) is 0 Å². The number of nitrogens with one attached hydrogen (secondary N) is 1. The monoisotopic (exact) mass is 386 g/mol. The summed E-state index contributed by atoms with van der Waals surface area (Å²) < 4.78 is 12.8. The van der Waals surface area contributed by atoms with Crippen LogP contribution in [0.25, 0.3) is 16.9 Å². The molecule has 0 radical (unpaired) electrons. The van der Waals surface area contributed by atoms with E-state index in [2.05, 4.69) is 15.4 Å². The zero-order chi connectivity index (χ0) is 19.8. The van der Waals surface area contributed by atoms with E-state index in [9.17, 15) is 4.79 Å². The van der Waals surface area contributed by atoms with E-state index < -0.39 is 0 Å². The van der Waals surface area contributed by atoms with E-state index in [0.29, 0.717) is 41.6 Å². The Hall–Kier alpha value is -3.87. The lowest BCUT2D eigenvalue weighted by Crippen LogP contribution is -2.16. The summed E-state index contributed by atoms with van der Waals surface area (Å²) >= 11 is 0. The first kappa shape index (κ1) is 17.2. The van der Waals surface area contributed by atoms with Crippen LogP contribution in [0.2, 0.25) is 0 Å². The first-order valence-corrected chi connectivity index (χ1v) is 9.30. The second-order valence-electron chi connectivity index (χ2n) is 6.80. The molecule has 2 aromatic carbocycles. The number of carbonyl (C=O) groups is 1. The molecule has 0 unspecified atom stereocenters. The van der Waals surface area contributed by atoms with Gasteiger partial charge in [-0.3, -0.25) is 4.79 Å². The zero-order valence-electron chi connectivity index (χ0n) is 15.8. The molecule has 0 saturated carbocycles. The minimum atomic E-state index is -0.287. The molecule has 1 N–H and O–H groups in total. The van der Waals surface area contributed by atoms with Crippen molar-refractivity contribution < 1.29 is 14.3 Å². The van der Waals surface area contributed by atoms with E-state index in [1.807, 2.05) is 37.3 Å². The molecule has 1 aliphatic heterocycles. The Morgan fingerprint density at radius 3 is 2.66 bits per heavy atom. The van der Waals surface area contributed by atoms with Crippen LogP contribution < -0.4 is 14.8 Å². The third-order valence-corrected chi connectivity index (χ3v) is 4.79. The Kier molecular flexibility index (Phi) is 4.13. The summed E-state index contributed by atoms with van der Waals surface area (Å²) in [6, 6.07) is 15.3. The first-order valence-electron chi connectivity index (χ1n) is 9.30. The summed E-state index contributed by atoms with van der Waals surface area (Å²) in [5, 5.41) is 7.28. The molecule has 0 aliphatic carbocycles. The van der Waals surface area contributed by atoms with E-state index in [-0.39, 0.29) is 5.91 Å². The fourth-order valence-corrected chi connectivity index (χ4v) is 3.31. The van der Waals surface area contributed by atoms with E-state index in [1.165, 1.54) is 11.8 Å². The number of anilines is 1. The summed E-state index contributed by atoms with van der Waals surface area (Å²) in [4.78, 5) is 17.2. The van der Waals surface area contributed by atoms with Gasteiger partial charge in [0.15, 0.2) is 17.1 Å². The lowest BCUT2D eigenvalue weighted by molar-refractivity contribution is 0.102. The predicted octanol–water partition coefficient (Wildman–Crippen LogP) is 3.73. The van der Waals surface area contributed by atoms with E-state index >= 15 is 0 Å². The van der Waals surface area contributed by atoms with Gasteiger partial charge < -0.3 is 14.8 Å². The molecule has 3 heterocycles. The number of aryl methyl sites for hydroxylation is 1. The number of ether oxygens (including phenoxy) is 2. The molecule has 7 nitrogen and oxygen atoms in total. The fraction of sp³-hybridized carbons (Fsp3) is 0.136. The summed E-state index contributed by atoms with van der Waals surface area (Å²) in [6.45, 7) is 3.06. The van der Waals surface area contributed by atoms with Crippen molar-refractivity contribution in [3.8, 4) is 22.8 Å². The average molecular weight is 386 g/mol. The highest BCUT2D eigenvalue weighted by Gasteiger charge is 2.18. The lowest BCUT2D eigenvalue weighted by atomic mass is 10.1. The van der Waals surface area contributed by atoms with Crippen molar-refractivity contribution in [1.82, 2.24) is 14.6 Å². The van der Waals surface area contributed by atoms with Gasteiger partial charge in [-0.05, 0) is 25.1 Å². The number of hydrogen-bond donors (Lipinski definition) is 1. The molecule has 1 aliphatic rings. The Morgan fingerprint density at radius 1 is 1.03 bits per heavy atom. The zero-order valence-corrected chi connectivity index (χ0v) is 15.8. The largest absolute Gasteiger partial charge is 0.486 e. The third-order valence-electron chi connectivity index (χ3n) is 4.79. The van der Waals surface area contributed by atoms with Crippen molar-refractivity contribution in [3.05, 3.63) is 72.1 Å². The van der Waals surface area contributed by atoms with Gasteiger partial charge in [0.1, 0.15) is 18.8 Å². The van der Waals surface area contributed by atoms with E-state index in [4.69, 9.17) is 9.47 Å². The number of fused-ring (bicyclic) bond motifs is 2. The van der Waals surface area contributed by atoms with Gasteiger partial charge >= 0.3 is 0 Å². The minimum absolute atomic E-state index is 0.287. The average Bonchev–Trinajstić information content (AvgIpc) is 3.19. The van der Waals surface area contributed by atoms with E-state index in [1.54, 1.807) is 28.9 Å². The van der Waals surface area contributed by atoms with Gasteiger partial charge in [-0.15, -0.1) is 0 Å². The minimum Gasteiger partial charge on any atom is -0.486 e. The van der Waals surface area contributed by atoms with Gasteiger partial charge in [0.2, 0.25) is 0 Å². The van der Waals surface area contributed by atoms with Gasteiger partial charge in [-0.1, -0.05) is 29.8 Å². The third kappa shape index (κ3) is 3.16. The Morgan fingerprint density at radius 2 is 1.83 bits per heavy atom. The van der Waals surface area contributed by atoms with Gasteiger partial charge in [-0.25, -0.2) is 9.50 Å². The molecular formula is C22H18N4O3. The quantitative estimate of drug-likeness (QED) is 0.581. The second-order valence-corrected chi connectivity index (χ2v) is 6.80. The van der Waals surface area contributed by atoms with Crippen LogP contribution in [0, 0.1) is 6.92 Å². The summed E-state index contributed by atoms with van der Waals surface area (Å²) in [5.41, 5.74) is 4.57. The van der Waals surface area contributed by atoms with Gasteiger partial charge in [0.25, 0.3) is 5.91 Å².